The van der Waals surface area contributed by atoms with Crippen LogP contribution in [-0.2, 0) is 0 Å². The first-order valence-corrected chi connectivity index (χ1v) is 5.49. The smallest absolute Gasteiger partial charge is 0.163 e. The Morgan fingerprint density at radius 1 is 1.41 bits per heavy atom. The van der Waals surface area contributed by atoms with E-state index in [2.05, 4.69) is 25.5 Å². The standard InChI is InChI=1S/C10H13N7/c1-6-8(16-11)14-9(7-2-3-7)15-10(6)17-5-12-4-13-17/h4-5,7H,2-3,11H2,1H3,(H,14,15,16). The minimum absolute atomic E-state index is 0.463. The number of aromatic nitrogens is 5. The molecule has 2 heterocycles. The fourth-order valence-electron chi connectivity index (χ4n) is 1.73. The van der Waals surface area contributed by atoms with Crippen LogP contribution in [0.1, 0.15) is 30.1 Å². The fourth-order valence-corrected chi connectivity index (χ4v) is 1.73. The molecular weight excluding hydrogens is 218 g/mol. The predicted molar refractivity (Wildman–Crippen MR) is 61.5 cm³/mol. The van der Waals surface area contributed by atoms with Crippen molar-refractivity contribution in [2.45, 2.75) is 25.7 Å². The molecule has 0 atom stereocenters. The van der Waals surface area contributed by atoms with E-state index in [0.717, 1.165) is 30.0 Å². The molecule has 0 aliphatic heterocycles. The van der Waals surface area contributed by atoms with Crippen LogP contribution in [0.4, 0.5) is 5.82 Å². The van der Waals surface area contributed by atoms with Crippen molar-refractivity contribution in [3.05, 3.63) is 24.0 Å². The highest BCUT2D eigenvalue weighted by Gasteiger charge is 2.28. The quantitative estimate of drug-likeness (QED) is 0.591. The lowest BCUT2D eigenvalue weighted by molar-refractivity contribution is 0.799. The van der Waals surface area contributed by atoms with Gasteiger partial charge in [0.05, 0.1) is 0 Å². The maximum absolute atomic E-state index is 5.48. The Kier molecular flexibility index (Phi) is 2.25. The fraction of sp³-hybridized carbons (Fsp3) is 0.400. The average Bonchev–Trinajstić information content (AvgIpc) is 3.05. The molecular formula is C10H13N7. The van der Waals surface area contributed by atoms with Crippen LogP contribution in [0.5, 0.6) is 0 Å². The Balaban J connectivity index is 2.15. The molecule has 0 aromatic carbocycles. The maximum atomic E-state index is 5.48. The van der Waals surface area contributed by atoms with Gasteiger partial charge in [0.25, 0.3) is 0 Å². The SMILES string of the molecule is Cc1c(NN)nc(C2CC2)nc1-n1cncn1. The van der Waals surface area contributed by atoms with Gasteiger partial charge >= 0.3 is 0 Å². The third kappa shape index (κ3) is 1.74. The third-order valence-corrected chi connectivity index (χ3v) is 2.85. The van der Waals surface area contributed by atoms with Crippen molar-refractivity contribution in [2.24, 2.45) is 5.84 Å². The van der Waals surface area contributed by atoms with E-state index in [9.17, 15) is 0 Å². The van der Waals surface area contributed by atoms with Crippen molar-refractivity contribution in [3.63, 3.8) is 0 Å². The second-order valence-corrected chi connectivity index (χ2v) is 4.14. The zero-order chi connectivity index (χ0) is 11.8. The highest BCUT2D eigenvalue weighted by atomic mass is 15.4. The van der Waals surface area contributed by atoms with Crippen molar-refractivity contribution >= 4 is 5.82 Å². The topological polar surface area (TPSA) is 94.5 Å². The Labute approximate surface area is 98.1 Å². The average molecular weight is 231 g/mol. The minimum Gasteiger partial charge on any atom is -0.308 e. The molecule has 2 aromatic heterocycles. The Morgan fingerprint density at radius 3 is 2.82 bits per heavy atom. The molecule has 3 rings (SSSR count). The molecule has 0 unspecified atom stereocenters. The van der Waals surface area contributed by atoms with Crippen molar-refractivity contribution < 1.29 is 0 Å². The molecule has 7 nitrogen and oxygen atoms in total. The largest absolute Gasteiger partial charge is 0.308 e. The van der Waals surface area contributed by atoms with Crippen LogP contribution >= 0.6 is 0 Å². The van der Waals surface area contributed by atoms with Gasteiger partial charge in [-0.3, -0.25) is 0 Å². The van der Waals surface area contributed by atoms with Gasteiger partial charge in [0.2, 0.25) is 0 Å². The highest BCUT2D eigenvalue weighted by Crippen LogP contribution is 2.39. The van der Waals surface area contributed by atoms with Gasteiger partial charge in [-0.25, -0.2) is 25.5 Å². The first kappa shape index (κ1) is 10.2. The van der Waals surface area contributed by atoms with Crippen molar-refractivity contribution in [3.8, 4) is 5.82 Å². The molecule has 1 fully saturated rings. The summed E-state index contributed by atoms with van der Waals surface area (Å²) in [5, 5.41) is 4.09. The van der Waals surface area contributed by atoms with Crippen LogP contribution in [0.15, 0.2) is 12.7 Å². The first-order chi connectivity index (χ1) is 8.29. The minimum atomic E-state index is 0.463. The molecule has 1 saturated carbocycles. The van der Waals surface area contributed by atoms with Crippen LogP contribution < -0.4 is 11.3 Å². The summed E-state index contributed by atoms with van der Waals surface area (Å²) in [6.45, 7) is 1.91. The molecule has 0 saturated heterocycles. The maximum Gasteiger partial charge on any atom is 0.163 e. The number of nitrogen functional groups attached to an aromatic ring is 1. The molecule has 17 heavy (non-hydrogen) atoms. The molecule has 0 bridgehead atoms. The molecule has 88 valence electrons. The first-order valence-electron chi connectivity index (χ1n) is 5.49. The summed E-state index contributed by atoms with van der Waals surface area (Å²) in [6.07, 6.45) is 5.38. The number of nitrogens with one attached hydrogen (secondary N) is 1. The zero-order valence-electron chi connectivity index (χ0n) is 9.46. The predicted octanol–water partition coefficient (Wildman–Crippen LogP) is 0.529. The van der Waals surface area contributed by atoms with E-state index in [0.29, 0.717) is 11.7 Å². The number of nitrogens with two attached hydrogens (primary N) is 1. The van der Waals surface area contributed by atoms with Gasteiger partial charge in [-0.2, -0.15) is 5.10 Å². The molecule has 1 aliphatic rings. The van der Waals surface area contributed by atoms with E-state index in [4.69, 9.17) is 5.84 Å². The van der Waals surface area contributed by atoms with Gasteiger partial charge in [-0.05, 0) is 19.8 Å². The second-order valence-electron chi connectivity index (χ2n) is 4.14. The number of hydrazine groups is 1. The summed E-state index contributed by atoms with van der Waals surface area (Å²) in [4.78, 5) is 12.9. The molecule has 3 N–H and O–H groups in total. The molecule has 0 amide bonds. The lowest BCUT2D eigenvalue weighted by atomic mass is 10.3. The van der Waals surface area contributed by atoms with E-state index in [1.807, 2.05) is 6.92 Å². The molecule has 2 aromatic rings. The van der Waals surface area contributed by atoms with Crippen molar-refractivity contribution in [2.75, 3.05) is 5.43 Å². The summed E-state index contributed by atoms with van der Waals surface area (Å²) in [5.74, 6) is 8.14. The third-order valence-electron chi connectivity index (χ3n) is 2.85. The second kappa shape index (κ2) is 3.77. The van der Waals surface area contributed by atoms with Crippen LogP contribution in [-0.4, -0.2) is 24.7 Å². The zero-order valence-corrected chi connectivity index (χ0v) is 9.46. The van der Waals surface area contributed by atoms with Gasteiger partial charge in [0.15, 0.2) is 5.82 Å². The van der Waals surface area contributed by atoms with Crippen LogP contribution in [0.2, 0.25) is 0 Å². The molecule has 7 heteroatoms. The number of hydrogen-bond donors (Lipinski definition) is 2. The molecule has 1 aliphatic carbocycles. The van der Waals surface area contributed by atoms with Crippen molar-refractivity contribution in [1.82, 2.24) is 24.7 Å². The number of hydrogen-bond acceptors (Lipinski definition) is 6. The van der Waals surface area contributed by atoms with Crippen LogP contribution in [0.3, 0.4) is 0 Å². The monoisotopic (exact) mass is 231 g/mol. The Morgan fingerprint density at radius 2 is 2.24 bits per heavy atom. The lowest BCUT2D eigenvalue weighted by Crippen LogP contribution is -2.15. The van der Waals surface area contributed by atoms with Gasteiger partial charge in [0, 0.05) is 11.5 Å². The number of anilines is 1. The van der Waals surface area contributed by atoms with Gasteiger partial charge < -0.3 is 5.43 Å². The van der Waals surface area contributed by atoms with E-state index in [1.165, 1.54) is 6.33 Å². The van der Waals surface area contributed by atoms with E-state index in [1.54, 1.807) is 11.0 Å². The van der Waals surface area contributed by atoms with E-state index in [-0.39, 0.29) is 0 Å². The molecule has 0 spiro atoms. The summed E-state index contributed by atoms with van der Waals surface area (Å²) in [5.41, 5.74) is 3.47. The normalized spacial score (nSPS) is 14.9. The van der Waals surface area contributed by atoms with Crippen LogP contribution in [0, 0.1) is 6.92 Å². The molecule has 0 radical (unpaired) electrons. The lowest BCUT2D eigenvalue weighted by Gasteiger charge is -2.11. The Bertz CT molecular complexity index is 530. The van der Waals surface area contributed by atoms with E-state index < -0.39 is 0 Å². The van der Waals surface area contributed by atoms with Gasteiger partial charge in [-0.15, -0.1) is 0 Å². The Hall–Kier alpha value is -2.02. The van der Waals surface area contributed by atoms with Crippen LogP contribution in [0.25, 0.3) is 5.82 Å². The summed E-state index contributed by atoms with van der Waals surface area (Å²) < 4.78 is 1.63. The summed E-state index contributed by atoms with van der Waals surface area (Å²) in [6, 6.07) is 0. The number of rotatable bonds is 3. The van der Waals surface area contributed by atoms with Crippen molar-refractivity contribution in [1.29, 1.82) is 0 Å². The summed E-state index contributed by atoms with van der Waals surface area (Å²) in [7, 11) is 0. The summed E-state index contributed by atoms with van der Waals surface area (Å²) >= 11 is 0. The van der Waals surface area contributed by atoms with Gasteiger partial charge in [0.1, 0.15) is 24.3 Å². The highest BCUT2D eigenvalue weighted by molar-refractivity contribution is 5.50. The number of nitrogens with zero attached hydrogens (tertiary/aromatic N) is 5. The van der Waals surface area contributed by atoms with Gasteiger partial charge in [-0.1, -0.05) is 0 Å². The van der Waals surface area contributed by atoms with E-state index >= 15 is 0 Å².